The Morgan fingerprint density at radius 1 is 0.667 bits per heavy atom. The van der Waals surface area contributed by atoms with Crippen molar-refractivity contribution < 1.29 is 19.4 Å². The molecule has 0 saturated carbocycles. The third-order valence-electron chi connectivity index (χ3n) is 4.58. The largest absolute Gasteiger partial charge is 0.294 e. The van der Waals surface area contributed by atoms with E-state index in [1.54, 1.807) is 60.7 Å². The van der Waals surface area contributed by atoms with Gasteiger partial charge in [-0.15, -0.1) is 0 Å². The SMILES string of the molecule is CC(C)(C)OOC(CC(=O)c1ccccc1)(C(=O)c1ccccc1)c1ccccc1. The molecule has 1 atom stereocenters. The first-order chi connectivity index (χ1) is 14.3. The van der Waals surface area contributed by atoms with E-state index in [-0.39, 0.29) is 18.0 Å². The number of hydrogen-bond donors (Lipinski definition) is 0. The Labute approximate surface area is 177 Å². The molecule has 0 aromatic heterocycles. The van der Waals surface area contributed by atoms with Gasteiger partial charge in [0.2, 0.25) is 5.78 Å². The molecule has 3 aromatic rings. The Kier molecular flexibility index (Phi) is 6.60. The lowest BCUT2D eigenvalue weighted by Crippen LogP contribution is -2.43. The molecule has 154 valence electrons. The summed E-state index contributed by atoms with van der Waals surface area (Å²) in [5, 5.41) is 0. The van der Waals surface area contributed by atoms with Crippen molar-refractivity contribution in [2.75, 3.05) is 0 Å². The van der Waals surface area contributed by atoms with Gasteiger partial charge in [-0.2, -0.15) is 0 Å². The standard InChI is InChI=1S/C26H26O4/c1-25(2,3)29-30-26(22-17-11-6-12-18-22,24(28)21-15-9-5-10-16-21)19-23(27)20-13-7-4-8-14-20/h4-18H,19H2,1-3H3. The highest BCUT2D eigenvalue weighted by Crippen LogP contribution is 2.36. The number of carbonyl (C=O) groups excluding carboxylic acids is 2. The van der Waals surface area contributed by atoms with Gasteiger partial charge in [-0.05, 0) is 26.3 Å². The second kappa shape index (κ2) is 9.16. The van der Waals surface area contributed by atoms with Gasteiger partial charge >= 0.3 is 0 Å². The van der Waals surface area contributed by atoms with Gasteiger partial charge in [0, 0.05) is 11.1 Å². The predicted molar refractivity (Wildman–Crippen MR) is 116 cm³/mol. The van der Waals surface area contributed by atoms with Crippen molar-refractivity contribution in [1.29, 1.82) is 0 Å². The summed E-state index contributed by atoms with van der Waals surface area (Å²) in [6, 6.07) is 26.8. The maximum absolute atomic E-state index is 13.8. The molecule has 4 nitrogen and oxygen atoms in total. The van der Waals surface area contributed by atoms with E-state index >= 15 is 0 Å². The summed E-state index contributed by atoms with van der Waals surface area (Å²) in [5.41, 5.74) is -0.777. The van der Waals surface area contributed by atoms with E-state index < -0.39 is 11.2 Å². The molecule has 0 amide bonds. The summed E-state index contributed by atoms with van der Waals surface area (Å²) >= 11 is 0. The molecular formula is C26H26O4. The van der Waals surface area contributed by atoms with Crippen LogP contribution in [0.25, 0.3) is 0 Å². The van der Waals surface area contributed by atoms with Gasteiger partial charge in [0.05, 0.1) is 12.0 Å². The quantitative estimate of drug-likeness (QED) is 0.272. The first-order valence-electron chi connectivity index (χ1n) is 9.92. The third kappa shape index (κ3) is 5.09. The molecule has 1 unspecified atom stereocenters. The smallest absolute Gasteiger partial charge is 0.203 e. The lowest BCUT2D eigenvalue weighted by Gasteiger charge is -2.34. The van der Waals surface area contributed by atoms with Crippen molar-refractivity contribution in [3.63, 3.8) is 0 Å². The second-order valence-corrected chi connectivity index (χ2v) is 8.13. The maximum atomic E-state index is 13.8. The first kappa shape index (κ1) is 21.6. The fraction of sp³-hybridized carbons (Fsp3) is 0.231. The van der Waals surface area contributed by atoms with Crippen molar-refractivity contribution in [2.24, 2.45) is 0 Å². The van der Waals surface area contributed by atoms with Gasteiger partial charge in [-0.1, -0.05) is 91.0 Å². The van der Waals surface area contributed by atoms with E-state index in [1.807, 2.05) is 51.1 Å². The van der Waals surface area contributed by atoms with Crippen LogP contribution in [0.1, 0.15) is 53.5 Å². The van der Waals surface area contributed by atoms with Crippen molar-refractivity contribution in [3.8, 4) is 0 Å². The van der Waals surface area contributed by atoms with Crippen LogP contribution in [0.5, 0.6) is 0 Å². The van der Waals surface area contributed by atoms with Crippen LogP contribution >= 0.6 is 0 Å². The molecule has 0 heterocycles. The fourth-order valence-corrected chi connectivity index (χ4v) is 3.11. The van der Waals surface area contributed by atoms with Crippen LogP contribution in [0, 0.1) is 0 Å². The van der Waals surface area contributed by atoms with Gasteiger partial charge in [-0.25, -0.2) is 9.78 Å². The number of rotatable bonds is 8. The van der Waals surface area contributed by atoms with Gasteiger partial charge in [0.15, 0.2) is 11.4 Å². The van der Waals surface area contributed by atoms with Crippen molar-refractivity contribution in [1.82, 2.24) is 0 Å². The molecule has 30 heavy (non-hydrogen) atoms. The monoisotopic (exact) mass is 402 g/mol. The first-order valence-corrected chi connectivity index (χ1v) is 9.92. The fourth-order valence-electron chi connectivity index (χ4n) is 3.11. The third-order valence-corrected chi connectivity index (χ3v) is 4.58. The van der Waals surface area contributed by atoms with E-state index in [9.17, 15) is 9.59 Å². The van der Waals surface area contributed by atoms with Crippen LogP contribution in [0.4, 0.5) is 0 Å². The number of benzene rings is 3. The zero-order chi connectivity index (χ0) is 21.6. The normalized spacial score (nSPS) is 13.4. The van der Waals surface area contributed by atoms with Gasteiger partial charge in [-0.3, -0.25) is 9.59 Å². The van der Waals surface area contributed by atoms with Gasteiger partial charge < -0.3 is 0 Å². The number of Topliss-reactive ketones (excluding diaryl/α,β-unsaturated/α-hetero) is 2. The minimum absolute atomic E-state index is 0.190. The molecule has 3 aromatic carbocycles. The molecule has 0 saturated heterocycles. The Morgan fingerprint density at radius 3 is 1.63 bits per heavy atom. The zero-order valence-corrected chi connectivity index (χ0v) is 17.5. The molecule has 0 bridgehead atoms. The number of ketones is 2. The second-order valence-electron chi connectivity index (χ2n) is 8.13. The summed E-state index contributed by atoms with van der Waals surface area (Å²) in [6.45, 7) is 5.48. The van der Waals surface area contributed by atoms with E-state index in [4.69, 9.17) is 9.78 Å². The molecule has 0 aliphatic heterocycles. The van der Waals surface area contributed by atoms with Gasteiger partial charge in [0.1, 0.15) is 0 Å². The Hall–Kier alpha value is -3.08. The molecule has 0 aliphatic rings. The zero-order valence-electron chi connectivity index (χ0n) is 17.5. The van der Waals surface area contributed by atoms with E-state index in [0.29, 0.717) is 16.7 Å². The van der Waals surface area contributed by atoms with Crippen LogP contribution in [-0.2, 0) is 15.4 Å². The average molecular weight is 402 g/mol. The number of hydrogen-bond acceptors (Lipinski definition) is 4. The van der Waals surface area contributed by atoms with Crippen molar-refractivity contribution in [3.05, 3.63) is 108 Å². The minimum Gasteiger partial charge on any atom is -0.294 e. The lowest BCUT2D eigenvalue weighted by atomic mass is 9.81. The molecule has 4 heteroatoms. The summed E-state index contributed by atoms with van der Waals surface area (Å²) in [4.78, 5) is 38.6. The van der Waals surface area contributed by atoms with Gasteiger partial charge in [0.25, 0.3) is 0 Å². The van der Waals surface area contributed by atoms with Crippen molar-refractivity contribution in [2.45, 2.75) is 38.4 Å². The molecule has 0 fully saturated rings. The highest BCUT2D eigenvalue weighted by Gasteiger charge is 2.46. The van der Waals surface area contributed by atoms with Crippen LogP contribution in [0.3, 0.4) is 0 Å². The summed E-state index contributed by atoms with van der Waals surface area (Å²) in [5.74, 6) is -0.538. The van der Waals surface area contributed by atoms with E-state index in [1.165, 1.54) is 0 Å². The average Bonchev–Trinajstić information content (AvgIpc) is 2.77. The minimum atomic E-state index is -1.62. The Balaban J connectivity index is 2.12. The molecule has 0 N–H and O–H groups in total. The van der Waals surface area contributed by atoms with Crippen LogP contribution in [0.15, 0.2) is 91.0 Å². The molecule has 3 rings (SSSR count). The van der Waals surface area contributed by atoms with Crippen LogP contribution in [0.2, 0.25) is 0 Å². The summed E-state index contributed by atoms with van der Waals surface area (Å²) in [7, 11) is 0. The van der Waals surface area contributed by atoms with E-state index in [0.717, 1.165) is 0 Å². The Morgan fingerprint density at radius 2 is 1.13 bits per heavy atom. The molecular weight excluding hydrogens is 376 g/mol. The molecule has 0 radical (unpaired) electrons. The summed E-state index contributed by atoms with van der Waals surface area (Å²) in [6.07, 6.45) is -0.190. The van der Waals surface area contributed by atoms with Crippen LogP contribution in [-0.4, -0.2) is 17.2 Å². The summed E-state index contributed by atoms with van der Waals surface area (Å²) < 4.78 is 0. The highest BCUT2D eigenvalue weighted by molar-refractivity contribution is 6.07. The topological polar surface area (TPSA) is 52.6 Å². The number of carbonyl (C=O) groups is 2. The van der Waals surface area contributed by atoms with E-state index in [2.05, 4.69) is 0 Å². The molecule has 0 aliphatic carbocycles. The van der Waals surface area contributed by atoms with Crippen LogP contribution < -0.4 is 0 Å². The maximum Gasteiger partial charge on any atom is 0.203 e. The predicted octanol–water partition coefficient (Wildman–Crippen LogP) is 5.78. The highest BCUT2D eigenvalue weighted by atomic mass is 17.2. The molecule has 0 spiro atoms. The lowest BCUT2D eigenvalue weighted by molar-refractivity contribution is -0.394. The Bertz CT molecular complexity index is 976. The van der Waals surface area contributed by atoms with Crippen molar-refractivity contribution >= 4 is 11.6 Å².